The summed E-state index contributed by atoms with van der Waals surface area (Å²) in [5, 5.41) is 5.32. The average molecular weight is 403 g/mol. The SMILES string of the molecule is CCOC(=O)C(C(=O)OCC)C1=NN(C(C)=O)C(C)(c2ccccc2)N1C(C)=O. The number of ether oxygens (including phenoxy) is 2. The van der Waals surface area contributed by atoms with Crippen LogP contribution in [0.25, 0.3) is 0 Å². The summed E-state index contributed by atoms with van der Waals surface area (Å²) in [7, 11) is 0. The van der Waals surface area contributed by atoms with E-state index in [9.17, 15) is 19.2 Å². The highest BCUT2D eigenvalue weighted by Gasteiger charge is 2.55. The molecule has 0 bridgehead atoms. The number of carbonyl (C=O) groups is 4. The summed E-state index contributed by atoms with van der Waals surface area (Å²) >= 11 is 0. The van der Waals surface area contributed by atoms with E-state index in [1.807, 2.05) is 0 Å². The Morgan fingerprint density at radius 1 is 0.966 bits per heavy atom. The summed E-state index contributed by atoms with van der Waals surface area (Å²) in [5.74, 6) is -4.60. The summed E-state index contributed by atoms with van der Waals surface area (Å²) < 4.78 is 10.0. The van der Waals surface area contributed by atoms with Crippen molar-refractivity contribution in [2.45, 2.75) is 40.3 Å². The summed E-state index contributed by atoms with van der Waals surface area (Å²) in [6.07, 6.45) is 0. The molecule has 1 heterocycles. The van der Waals surface area contributed by atoms with Crippen molar-refractivity contribution in [3.63, 3.8) is 0 Å². The fourth-order valence-electron chi connectivity index (χ4n) is 3.36. The van der Waals surface area contributed by atoms with Crippen LogP contribution in [0.15, 0.2) is 35.4 Å². The fraction of sp³-hybridized carbons (Fsp3) is 0.450. The molecular weight excluding hydrogens is 378 g/mol. The lowest BCUT2D eigenvalue weighted by atomic mass is 9.96. The first-order chi connectivity index (χ1) is 13.7. The number of amides is 2. The Labute approximate surface area is 169 Å². The van der Waals surface area contributed by atoms with Crippen molar-refractivity contribution in [2.75, 3.05) is 13.2 Å². The zero-order valence-electron chi connectivity index (χ0n) is 17.2. The number of nitrogens with zero attached hydrogens (tertiary/aromatic N) is 3. The molecule has 2 rings (SSSR count). The molecule has 9 heteroatoms. The van der Waals surface area contributed by atoms with Crippen LogP contribution in [-0.2, 0) is 34.3 Å². The third-order valence-electron chi connectivity index (χ3n) is 4.52. The van der Waals surface area contributed by atoms with Crippen molar-refractivity contribution in [2.24, 2.45) is 11.0 Å². The molecule has 1 aromatic rings. The van der Waals surface area contributed by atoms with Crippen LogP contribution < -0.4 is 0 Å². The summed E-state index contributed by atoms with van der Waals surface area (Å²) in [6.45, 7) is 7.41. The highest BCUT2D eigenvalue weighted by Crippen LogP contribution is 2.39. The van der Waals surface area contributed by atoms with E-state index in [1.165, 1.54) is 18.7 Å². The first kappa shape index (κ1) is 22.1. The predicted molar refractivity (Wildman–Crippen MR) is 103 cm³/mol. The van der Waals surface area contributed by atoms with Crippen LogP contribution in [0.4, 0.5) is 0 Å². The maximum absolute atomic E-state index is 12.7. The van der Waals surface area contributed by atoms with Crippen molar-refractivity contribution in [3.8, 4) is 0 Å². The van der Waals surface area contributed by atoms with Crippen molar-refractivity contribution in [1.29, 1.82) is 0 Å². The van der Waals surface area contributed by atoms with Crippen LogP contribution in [0.5, 0.6) is 0 Å². The Balaban J connectivity index is 2.69. The molecular formula is C20H25N3O6. The van der Waals surface area contributed by atoms with Gasteiger partial charge in [-0.3, -0.25) is 24.1 Å². The minimum absolute atomic E-state index is 0.0223. The molecule has 0 spiro atoms. The van der Waals surface area contributed by atoms with Gasteiger partial charge in [-0.1, -0.05) is 30.3 Å². The van der Waals surface area contributed by atoms with Gasteiger partial charge in [0.15, 0.2) is 11.5 Å². The molecule has 1 aliphatic rings. The van der Waals surface area contributed by atoms with Gasteiger partial charge in [-0.15, -0.1) is 0 Å². The second kappa shape index (κ2) is 8.85. The Hall–Kier alpha value is -3.23. The van der Waals surface area contributed by atoms with E-state index in [1.54, 1.807) is 51.1 Å². The molecule has 0 N–H and O–H groups in total. The molecule has 1 atom stereocenters. The summed E-state index contributed by atoms with van der Waals surface area (Å²) in [6, 6.07) is 8.76. The Morgan fingerprint density at radius 2 is 1.48 bits per heavy atom. The Bertz CT molecular complexity index is 820. The van der Waals surface area contributed by atoms with Crippen LogP contribution >= 0.6 is 0 Å². The van der Waals surface area contributed by atoms with Gasteiger partial charge < -0.3 is 9.47 Å². The van der Waals surface area contributed by atoms with Gasteiger partial charge >= 0.3 is 11.9 Å². The number of amidine groups is 1. The smallest absolute Gasteiger partial charge is 0.328 e. The van der Waals surface area contributed by atoms with Gasteiger partial charge in [-0.25, -0.2) is 5.01 Å². The largest absolute Gasteiger partial charge is 0.465 e. The first-order valence-corrected chi connectivity index (χ1v) is 9.28. The molecule has 2 amide bonds. The normalized spacial score (nSPS) is 18.5. The van der Waals surface area contributed by atoms with Crippen LogP contribution in [-0.4, -0.2) is 52.7 Å². The van der Waals surface area contributed by atoms with Crippen molar-refractivity contribution in [3.05, 3.63) is 35.9 Å². The third kappa shape index (κ3) is 3.98. The molecule has 156 valence electrons. The Morgan fingerprint density at radius 3 is 1.90 bits per heavy atom. The molecule has 1 aliphatic heterocycles. The van der Waals surface area contributed by atoms with E-state index >= 15 is 0 Å². The maximum atomic E-state index is 12.7. The summed E-state index contributed by atoms with van der Waals surface area (Å²) in [5.41, 5.74) is -0.790. The van der Waals surface area contributed by atoms with Gasteiger partial charge in [-0.2, -0.15) is 5.10 Å². The van der Waals surface area contributed by atoms with E-state index in [0.29, 0.717) is 5.56 Å². The number of hydrazone groups is 1. The minimum atomic E-state index is -1.61. The van der Waals surface area contributed by atoms with Gasteiger partial charge in [0.25, 0.3) is 0 Å². The third-order valence-corrected chi connectivity index (χ3v) is 4.52. The van der Waals surface area contributed by atoms with Gasteiger partial charge in [-0.05, 0) is 20.8 Å². The molecule has 1 aromatic carbocycles. The van der Waals surface area contributed by atoms with E-state index in [0.717, 1.165) is 5.01 Å². The molecule has 0 saturated heterocycles. The topological polar surface area (TPSA) is 106 Å². The number of benzene rings is 1. The molecule has 0 fully saturated rings. The quantitative estimate of drug-likeness (QED) is 0.528. The highest BCUT2D eigenvalue weighted by atomic mass is 16.6. The van der Waals surface area contributed by atoms with E-state index in [4.69, 9.17) is 9.47 Å². The minimum Gasteiger partial charge on any atom is -0.465 e. The number of hydrogen-bond acceptors (Lipinski definition) is 7. The van der Waals surface area contributed by atoms with Crippen molar-refractivity contribution in [1.82, 2.24) is 9.91 Å². The monoisotopic (exact) mass is 403 g/mol. The number of rotatable bonds is 6. The van der Waals surface area contributed by atoms with E-state index in [-0.39, 0.29) is 19.0 Å². The molecule has 0 radical (unpaired) electrons. The van der Waals surface area contributed by atoms with E-state index < -0.39 is 35.3 Å². The molecule has 1 unspecified atom stereocenters. The molecule has 0 saturated carbocycles. The van der Waals surface area contributed by atoms with Gasteiger partial charge in [0.05, 0.1) is 13.2 Å². The lowest BCUT2D eigenvalue weighted by molar-refractivity contribution is -0.158. The average Bonchev–Trinajstić information content (AvgIpc) is 2.97. The number of hydrogen-bond donors (Lipinski definition) is 0. The van der Waals surface area contributed by atoms with Crippen molar-refractivity contribution < 1.29 is 28.7 Å². The van der Waals surface area contributed by atoms with Gasteiger partial charge in [0.1, 0.15) is 0 Å². The maximum Gasteiger partial charge on any atom is 0.328 e. The highest BCUT2D eigenvalue weighted by molar-refractivity contribution is 6.20. The van der Waals surface area contributed by atoms with Gasteiger partial charge in [0, 0.05) is 19.4 Å². The van der Waals surface area contributed by atoms with Crippen LogP contribution in [0, 0.1) is 5.92 Å². The first-order valence-electron chi connectivity index (χ1n) is 9.28. The van der Waals surface area contributed by atoms with Crippen LogP contribution in [0.2, 0.25) is 0 Å². The molecule has 0 aromatic heterocycles. The molecule has 29 heavy (non-hydrogen) atoms. The standard InChI is InChI=1S/C20H25N3O6/c1-6-28-18(26)16(19(27)29-7-2)17-21-23(14(4)25)20(5,22(17)13(3)24)15-11-9-8-10-12-15/h8-12,16H,6-7H2,1-5H3. The lowest BCUT2D eigenvalue weighted by Crippen LogP contribution is -2.56. The molecule has 9 nitrogen and oxygen atoms in total. The predicted octanol–water partition coefficient (Wildman–Crippen LogP) is 1.63. The lowest BCUT2D eigenvalue weighted by Gasteiger charge is -2.39. The van der Waals surface area contributed by atoms with Crippen LogP contribution in [0.1, 0.15) is 40.2 Å². The van der Waals surface area contributed by atoms with Crippen molar-refractivity contribution >= 4 is 29.6 Å². The zero-order chi connectivity index (χ0) is 21.8. The van der Waals surface area contributed by atoms with E-state index in [2.05, 4.69) is 5.10 Å². The zero-order valence-corrected chi connectivity index (χ0v) is 17.2. The number of carbonyl (C=O) groups excluding carboxylic acids is 4. The Kier molecular flexibility index (Phi) is 6.73. The second-order valence-electron chi connectivity index (χ2n) is 6.47. The molecule has 0 aliphatic carbocycles. The van der Waals surface area contributed by atoms with Gasteiger partial charge in [0.2, 0.25) is 17.7 Å². The fourth-order valence-corrected chi connectivity index (χ4v) is 3.36. The number of esters is 2. The second-order valence-corrected chi connectivity index (χ2v) is 6.47. The summed E-state index contributed by atoms with van der Waals surface area (Å²) in [4.78, 5) is 51.4. The van der Waals surface area contributed by atoms with Crippen LogP contribution in [0.3, 0.4) is 0 Å².